The molecule has 21 heavy (non-hydrogen) atoms. The highest BCUT2D eigenvalue weighted by atomic mass is 16.6. The van der Waals surface area contributed by atoms with Crippen LogP contribution in [0.3, 0.4) is 0 Å². The van der Waals surface area contributed by atoms with Crippen molar-refractivity contribution in [1.82, 2.24) is 4.98 Å². The van der Waals surface area contributed by atoms with E-state index in [-0.39, 0.29) is 18.3 Å². The molecule has 2 N–H and O–H groups in total. The Morgan fingerprint density at radius 2 is 2.19 bits per heavy atom. The summed E-state index contributed by atoms with van der Waals surface area (Å²) in [5.41, 5.74) is -0.0105. The maximum Gasteiger partial charge on any atom is 0.311 e. The van der Waals surface area contributed by atoms with Crippen molar-refractivity contribution in [3.05, 3.63) is 22.2 Å². The highest BCUT2D eigenvalue weighted by Crippen LogP contribution is 2.29. The van der Waals surface area contributed by atoms with E-state index in [1.54, 1.807) is 6.07 Å². The van der Waals surface area contributed by atoms with E-state index in [4.69, 9.17) is 5.11 Å². The van der Waals surface area contributed by atoms with Crippen molar-refractivity contribution < 1.29 is 10.0 Å². The van der Waals surface area contributed by atoms with Crippen molar-refractivity contribution >= 4 is 17.3 Å². The third-order valence-electron chi connectivity index (χ3n) is 3.06. The van der Waals surface area contributed by atoms with Gasteiger partial charge in [-0.05, 0) is 32.8 Å². The first-order valence-corrected chi connectivity index (χ1v) is 7.28. The molecule has 0 atom stereocenters. The maximum atomic E-state index is 11.2. The van der Waals surface area contributed by atoms with Crippen LogP contribution in [0.15, 0.2) is 12.1 Å². The Balaban J connectivity index is 3.15. The quantitative estimate of drug-likeness (QED) is 0.537. The molecule has 0 fully saturated rings. The summed E-state index contributed by atoms with van der Waals surface area (Å²) in [4.78, 5) is 17.1. The fourth-order valence-electron chi connectivity index (χ4n) is 2.00. The fourth-order valence-corrected chi connectivity index (χ4v) is 2.00. The fraction of sp³-hybridized carbons (Fsp3) is 0.643. The molecule has 0 amide bonds. The summed E-state index contributed by atoms with van der Waals surface area (Å²) < 4.78 is 0. The van der Waals surface area contributed by atoms with Crippen LogP contribution in [0.1, 0.15) is 33.6 Å². The van der Waals surface area contributed by atoms with Gasteiger partial charge in [0.05, 0.1) is 4.92 Å². The lowest BCUT2D eigenvalue weighted by Gasteiger charge is -2.27. The van der Waals surface area contributed by atoms with Gasteiger partial charge in [0.1, 0.15) is 5.82 Å². The van der Waals surface area contributed by atoms with Crippen molar-refractivity contribution in [2.45, 2.75) is 39.7 Å². The molecule has 118 valence electrons. The number of hydrogen-bond donors (Lipinski definition) is 2. The van der Waals surface area contributed by atoms with Gasteiger partial charge >= 0.3 is 5.69 Å². The normalized spacial score (nSPS) is 10.7. The second-order valence-electron chi connectivity index (χ2n) is 5.09. The lowest BCUT2D eigenvalue weighted by atomic mass is 10.2. The van der Waals surface area contributed by atoms with Gasteiger partial charge in [-0.1, -0.05) is 6.92 Å². The van der Waals surface area contributed by atoms with E-state index < -0.39 is 4.92 Å². The average Bonchev–Trinajstić information content (AvgIpc) is 2.45. The van der Waals surface area contributed by atoms with Gasteiger partial charge in [0.2, 0.25) is 5.82 Å². The van der Waals surface area contributed by atoms with Crippen LogP contribution < -0.4 is 10.2 Å². The molecule has 0 saturated heterocycles. The molecule has 0 aliphatic heterocycles. The summed E-state index contributed by atoms with van der Waals surface area (Å²) in [5, 5.41) is 23.4. The smallest absolute Gasteiger partial charge is 0.311 e. The third-order valence-corrected chi connectivity index (χ3v) is 3.06. The molecular formula is C14H24N4O3. The minimum atomic E-state index is -0.416. The Morgan fingerprint density at radius 1 is 1.48 bits per heavy atom. The minimum absolute atomic E-state index is 0.0105. The molecule has 0 aromatic carbocycles. The predicted octanol–water partition coefficient (Wildman–Crippen LogP) is 2.41. The molecular weight excluding hydrogens is 272 g/mol. The maximum absolute atomic E-state index is 11.2. The number of aliphatic hydroxyl groups is 1. The van der Waals surface area contributed by atoms with Gasteiger partial charge < -0.3 is 15.3 Å². The van der Waals surface area contributed by atoms with Crippen molar-refractivity contribution in [3.63, 3.8) is 0 Å². The van der Waals surface area contributed by atoms with Crippen LogP contribution in [0, 0.1) is 10.1 Å². The third kappa shape index (κ3) is 4.86. The summed E-state index contributed by atoms with van der Waals surface area (Å²) in [6.07, 6.45) is 1.50. The van der Waals surface area contributed by atoms with Crippen LogP contribution in [0.25, 0.3) is 0 Å². The van der Waals surface area contributed by atoms with E-state index in [1.807, 2.05) is 25.7 Å². The molecule has 1 aromatic heterocycles. The molecule has 7 heteroatoms. The van der Waals surface area contributed by atoms with Crippen molar-refractivity contribution in [3.8, 4) is 0 Å². The summed E-state index contributed by atoms with van der Waals surface area (Å²) >= 11 is 0. The number of anilines is 2. The molecule has 0 aliphatic carbocycles. The summed E-state index contributed by atoms with van der Waals surface area (Å²) in [7, 11) is 0. The van der Waals surface area contributed by atoms with Crippen LogP contribution in [0.4, 0.5) is 17.3 Å². The largest absolute Gasteiger partial charge is 0.396 e. The number of aromatic nitrogens is 1. The number of aliphatic hydroxyl groups excluding tert-OH is 1. The van der Waals surface area contributed by atoms with Gasteiger partial charge in [0.15, 0.2) is 0 Å². The van der Waals surface area contributed by atoms with Gasteiger partial charge in [-0.3, -0.25) is 10.1 Å². The van der Waals surface area contributed by atoms with Crippen molar-refractivity contribution in [1.29, 1.82) is 0 Å². The van der Waals surface area contributed by atoms with Gasteiger partial charge in [0.25, 0.3) is 0 Å². The molecule has 0 saturated carbocycles. The predicted molar refractivity (Wildman–Crippen MR) is 83.9 cm³/mol. The molecule has 1 aromatic rings. The first-order chi connectivity index (χ1) is 10.0. The molecule has 0 bridgehead atoms. The summed E-state index contributed by atoms with van der Waals surface area (Å²) in [6.45, 7) is 7.29. The highest BCUT2D eigenvalue weighted by Gasteiger charge is 2.23. The topological polar surface area (TPSA) is 91.5 Å². The first-order valence-electron chi connectivity index (χ1n) is 7.28. The monoisotopic (exact) mass is 296 g/mol. The van der Waals surface area contributed by atoms with E-state index in [9.17, 15) is 10.1 Å². The summed E-state index contributed by atoms with van der Waals surface area (Å²) in [6, 6.07) is 3.17. The number of hydrogen-bond acceptors (Lipinski definition) is 6. The van der Waals surface area contributed by atoms with E-state index in [1.165, 1.54) is 6.07 Å². The van der Waals surface area contributed by atoms with Crippen molar-refractivity contribution in [2.24, 2.45) is 0 Å². The Labute approximate surface area is 125 Å². The second-order valence-corrected chi connectivity index (χ2v) is 5.09. The van der Waals surface area contributed by atoms with E-state index in [0.29, 0.717) is 24.6 Å². The number of nitrogens with zero attached hydrogens (tertiary/aromatic N) is 3. The van der Waals surface area contributed by atoms with Gasteiger partial charge in [-0.25, -0.2) is 4.98 Å². The molecule has 0 spiro atoms. The first kappa shape index (κ1) is 17.2. The van der Waals surface area contributed by atoms with E-state index >= 15 is 0 Å². The molecule has 0 unspecified atom stereocenters. The van der Waals surface area contributed by atoms with Crippen LogP contribution >= 0.6 is 0 Å². The Bertz CT molecular complexity index is 466. The molecule has 0 aliphatic rings. The lowest BCUT2D eigenvalue weighted by Crippen LogP contribution is -2.33. The highest BCUT2D eigenvalue weighted by molar-refractivity contribution is 5.62. The minimum Gasteiger partial charge on any atom is -0.396 e. The molecule has 1 heterocycles. The summed E-state index contributed by atoms with van der Waals surface area (Å²) in [5.74, 6) is 0.983. The number of nitrogens with one attached hydrogen (secondary N) is 1. The van der Waals surface area contributed by atoms with E-state index in [0.717, 1.165) is 13.0 Å². The Morgan fingerprint density at radius 3 is 2.71 bits per heavy atom. The number of nitro groups is 1. The van der Waals surface area contributed by atoms with Crippen LogP contribution in [0.2, 0.25) is 0 Å². The zero-order valence-electron chi connectivity index (χ0n) is 12.9. The number of rotatable bonds is 9. The average molecular weight is 296 g/mol. The van der Waals surface area contributed by atoms with Gasteiger partial charge in [0, 0.05) is 31.8 Å². The molecule has 7 nitrogen and oxygen atoms in total. The zero-order chi connectivity index (χ0) is 15.8. The standard InChI is InChI=1S/C14H24N4O3/c1-4-8-15-13-7-6-12(18(20)21)14(16-13)17(11(2)3)9-5-10-19/h6-7,11,19H,4-5,8-10H2,1-3H3,(H,15,16). The molecule has 0 radical (unpaired) electrons. The van der Waals surface area contributed by atoms with Crippen LogP contribution in [-0.2, 0) is 0 Å². The van der Waals surface area contributed by atoms with Crippen LogP contribution in [0.5, 0.6) is 0 Å². The molecule has 1 rings (SSSR count). The second kappa shape index (κ2) is 8.41. The van der Waals surface area contributed by atoms with Gasteiger partial charge in [-0.15, -0.1) is 0 Å². The SMILES string of the molecule is CCCNc1ccc([N+](=O)[O-])c(N(CCCO)C(C)C)n1. The Kier molecular flexibility index (Phi) is 6.87. The van der Waals surface area contributed by atoms with Crippen molar-refractivity contribution in [2.75, 3.05) is 29.9 Å². The van der Waals surface area contributed by atoms with Gasteiger partial charge in [-0.2, -0.15) is 0 Å². The lowest BCUT2D eigenvalue weighted by molar-refractivity contribution is -0.384. The van der Waals surface area contributed by atoms with Crippen LogP contribution in [-0.4, -0.2) is 40.8 Å². The van der Waals surface area contributed by atoms with E-state index in [2.05, 4.69) is 10.3 Å². The Hall–Kier alpha value is -1.89. The zero-order valence-corrected chi connectivity index (χ0v) is 12.9. The number of pyridine rings is 1.